The second-order valence-corrected chi connectivity index (χ2v) is 6.87. The highest BCUT2D eigenvalue weighted by atomic mass is 16.7. The van der Waals surface area contributed by atoms with Crippen LogP contribution in [0.1, 0.15) is 0 Å². The fourth-order valence-electron chi connectivity index (χ4n) is 3.54. The molecule has 0 atom stereocenters. The van der Waals surface area contributed by atoms with Crippen LogP contribution in [0.2, 0.25) is 0 Å². The van der Waals surface area contributed by atoms with Gasteiger partial charge >= 0.3 is 34.1 Å². The lowest BCUT2D eigenvalue weighted by molar-refractivity contribution is -0.443. The van der Waals surface area contributed by atoms with Gasteiger partial charge in [0.25, 0.3) is 0 Å². The average molecular weight is 484 g/mol. The van der Waals surface area contributed by atoms with Crippen molar-refractivity contribution in [2.45, 2.75) is 0 Å². The van der Waals surface area contributed by atoms with E-state index >= 15 is 0 Å². The third-order valence-corrected chi connectivity index (χ3v) is 4.53. The molecule has 0 heterocycles. The molecule has 20 heteroatoms. The van der Waals surface area contributed by atoms with Gasteiger partial charge in [-0.25, -0.2) is 0 Å². The van der Waals surface area contributed by atoms with Crippen molar-refractivity contribution in [3.8, 4) is 0 Å². The molecule has 2 aromatic carbocycles. The fraction of sp³-hybridized carbons (Fsp3) is 0.286. The highest BCUT2D eigenvalue weighted by molar-refractivity contribution is 6.22. The summed E-state index contributed by atoms with van der Waals surface area (Å²) in [5.41, 5.74) is -11.9. The van der Waals surface area contributed by atoms with Gasteiger partial charge in [-0.1, -0.05) is 0 Å². The van der Waals surface area contributed by atoms with Gasteiger partial charge in [-0.05, 0) is 0 Å². The molecular formula is C14H12N8O12. The summed E-state index contributed by atoms with van der Waals surface area (Å²) in [6.07, 6.45) is 0. The largest absolute Gasteiger partial charge is 0.425 e. The fourth-order valence-corrected chi connectivity index (χ4v) is 3.54. The van der Waals surface area contributed by atoms with Crippen molar-refractivity contribution < 1.29 is 29.5 Å². The average Bonchev–Trinajstić information content (AvgIpc) is 2.68. The highest BCUT2D eigenvalue weighted by Gasteiger charge is 2.52. The summed E-state index contributed by atoms with van der Waals surface area (Å²) in [5, 5.41) is 68.6. The first-order valence-corrected chi connectivity index (χ1v) is 8.52. The molecule has 0 aliphatic rings. The van der Waals surface area contributed by atoms with E-state index in [0.717, 1.165) is 38.0 Å². The van der Waals surface area contributed by atoms with Crippen LogP contribution in [0.25, 0.3) is 10.8 Å². The van der Waals surface area contributed by atoms with Crippen LogP contribution in [-0.2, 0) is 0 Å². The van der Waals surface area contributed by atoms with Crippen LogP contribution in [-0.4, -0.2) is 57.7 Å². The lowest BCUT2D eigenvalue weighted by atomic mass is 9.96. The van der Waals surface area contributed by atoms with Crippen LogP contribution in [0.15, 0.2) is 0 Å². The first-order valence-electron chi connectivity index (χ1n) is 8.52. The molecule has 0 fully saturated rings. The summed E-state index contributed by atoms with van der Waals surface area (Å²) in [4.78, 5) is 63.6. The predicted molar refractivity (Wildman–Crippen MR) is 113 cm³/mol. The van der Waals surface area contributed by atoms with Gasteiger partial charge in [-0.2, -0.15) is 0 Å². The molecule has 20 nitrogen and oxygen atoms in total. The van der Waals surface area contributed by atoms with Crippen molar-refractivity contribution >= 4 is 56.3 Å². The van der Waals surface area contributed by atoms with E-state index in [-0.39, 0.29) is 0 Å². The molecule has 2 rings (SSSR count). The second-order valence-electron chi connectivity index (χ2n) is 6.87. The van der Waals surface area contributed by atoms with Crippen LogP contribution < -0.4 is 9.80 Å². The van der Waals surface area contributed by atoms with Crippen molar-refractivity contribution in [1.29, 1.82) is 0 Å². The minimum absolute atomic E-state index is 0.823. The normalized spacial score (nSPS) is 10.6. The van der Waals surface area contributed by atoms with E-state index in [4.69, 9.17) is 0 Å². The van der Waals surface area contributed by atoms with Crippen molar-refractivity contribution in [2.24, 2.45) is 0 Å². The smallest absolute Gasteiger partial charge is 0.371 e. The second kappa shape index (κ2) is 8.33. The molecule has 0 aliphatic carbocycles. The van der Waals surface area contributed by atoms with E-state index in [1.165, 1.54) is 0 Å². The zero-order valence-corrected chi connectivity index (χ0v) is 17.5. The molecule has 0 spiro atoms. The van der Waals surface area contributed by atoms with Crippen molar-refractivity contribution in [3.63, 3.8) is 0 Å². The van der Waals surface area contributed by atoms with E-state index in [1.807, 2.05) is 0 Å². The van der Waals surface area contributed by atoms with Gasteiger partial charge in [0.2, 0.25) is 0 Å². The Balaban J connectivity index is 3.80. The summed E-state index contributed by atoms with van der Waals surface area (Å²) < 4.78 is 0. The maximum atomic E-state index is 11.9. The maximum Gasteiger partial charge on any atom is 0.425 e. The van der Waals surface area contributed by atoms with Gasteiger partial charge < -0.3 is 9.80 Å². The van der Waals surface area contributed by atoms with Gasteiger partial charge in [0.15, 0.2) is 5.39 Å². The Kier molecular flexibility index (Phi) is 6.11. The van der Waals surface area contributed by atoms with Gasteiger partial charge in [0, 0.05) is 28.2 Å². The number of hydrogen-bond donors (Lipinski definition) is 0. The predicted octanol–water partition coefficient (Wildman–Crippen LogP) is 2.42. The Morgan fingerprint density at radius 1 is 0.412 bits per heavy atom. The van der Waals surface area contributed by atoms with Gasteiger partial charge in [0.1, 0.15) is 11.4 Å². The van der Waals surface area contributed by atoms with Crippen molar-refractivity contribution in [2.75, 3.05) is 38.0 Å². The highest BCUT2D eigenvalue weighted by Crippen LogP contribution is 2.59. The van der Waals surface area contributed by atoms with Crippen molar-refractivity contribution in [1.82, 2.24) is 0 Å². The van der Waals surface area contributed by atoms with Crippen LogP contribution in [0.5, 0.6) is 0 Å². The quantitative estimate of drug-likeness (QED) is 0.384. The van der Waals surface area contributed by atoms with E-state index < -0.39 is 85.8 Å². The maximum absolute atomic E-state index is 11.9. The summed E-state index contributed by atoms with van der Waals surface area (Å²) >= 11 is 0. The Labute approximate surface area is 185 Å². The van der Waals surface area contributed by atoms with Crippen LogP contribution >= 0.6 is 0 Å². The topological polar surface area (TPSA) is 265 Å². The minimum atomic E-state index is -1.80. The van der Waals surface area contributed by atoms with E-state index in [2.05, 4.69) is 0 Å². The summed E-state index contributed by atoms with van der Waals surface area (Å²) in [5.74, 6) is 0. The number of nitrogens with zero attached hydrogens (tertiary/aromatic N) is 8. The number of hydrogen-bond acceptors (Lipinski definition) is 14. The van der Waals surface area contributed by atoms with E-state index in [1.54, 1.807) is 0 Å². The van der Waals surface area contributed by atoms with Crippen LogP contribution in [0, 0.1) is 60.7 Å². The number of fused-ring (bicyclic) bond motifs is 1. The molecule has 0 unspecified atom stereocenters. The Hall–Kier alpha value is -5.30. The number of nitro groups is 6. The lowest BCUT2D eigenvalue weighted by Gasteiger charge is -2.21. The SMILES string of the molecule is CN(C)c1c([N+](=O)[O-])c([N+](=O)[O-])c([N+](=O)[O-])c2c([N+](=O)[O-])c([N+](=O)[O-])c([N+](=O)[O-])c(N(C)C)c12. The molecule has 0 amide bonds. The van der Waals surface area contributed by atoms with Gasteiger partial charge in [0.05, 0.1) is 34.9 Å². The first-order chi connectivity index (χ1) is 15.6. The molecule has 0 aliphatic heterocycles. The van der Waals surface area contributed by atoms with Crippen LogP contribution in [0.4, 0.5) is 45.5 Å². The van der Waals surface area contributed by atoms with E-state index in [9.17, 15) is 60.7 Å². The monoisotopic (exact) mass is 484 g/mol. The standard InChI is InChI=1S/C14H12N8O12/c1-15(2)7-5-6(9(17(23)24)13(21(31)32)11(7)19(27)28)10(18(25)26)14(22(33)34)12(20(29)30)8(5)16(3)4/h1-4H3. The molecule has 0 aromatic heterocycles. The summed E-state index contributed by atoms with van der Waals surface area (Å²) in [7, 11) is 4.32. The Morgan fingerprint density at radius 2 is 0.647 bits per heavy atom. The summed E-state index contributed by atoms with van der Waals surface area (Å²) in [6, 6.07) is 0. The number of nitro benzene ring substituents is 6. The third-order valence-electron chi connectivity index (χ3n) is 4.53. The number of benzene rings is 2. The van der Waals surface area contributed by atoms with Gasteiger partial charge in [-0.3, -0.25) is 60.7 Å². The molecule has 0 N–H and O–H groups in total. The first kappa shape index (κ1) is 25.0. The van der Waals surface area contributed by atoms with Crippen molar-refractivity contribution in [3.05, 3.63) is 60.7 Å². The van der Waals surface area contributed by atoms with E-state index in [0.29, 0.717) is 0 Å². The summed E-state index contributed by atoms with van der Waals surface area (Å²) in [6.45, 7) is 0. The molecule has 180 valence electrons. The molecule has 0 saturated carbocycles. The third kappa shape index (κ3) is 3.53. The molecule has 34 heavy (non-hydrogen) atoms. The zero-order chi connectivity index (χ0) is 26.4. The lowest BCUT2D eigenvalue weighted by Crippen LogP contribution is -2.19. The molecule has 0 saturated heterocycles. The number of rotatable bonds is 8. The van der Waals surface area contributed by atoms with Gasteiger partial charge in [-0.15, -0.1) is 0 Å². The minimum Gasteiger partial charge on any atom is -0.371 e. The Bertz CT molecular complexity index is 1240. The van der Waals surface area contributed by atoms with Crippen LogP contribution in [0.3, 0.4) is 0 Å². The Morgan fingerprint density at radius 3 is 0.824 bits per heavy atom. The number of anilines is 2. The molecule has 2 aromatic rings. The molecule has 0 radical (unpaired) electrons. The molecule has 0 bridgehead atoms. The zero-order valence-electron chi connectivity index (χ0n) is 17.5. The molecular weight excluding hydrogens is 472 g/mol.